The van der Waals surface area contributed by atoms with Gasteiger partial charge in [0.05, 0.1) is 23.0 Å². The van der Waals surface area contributed by atoms with E-state index in [4.69, 9.17) is 4.74 Å². The predicted molar refractivity (Wildman–Crippen MR) is 125 cm³/mol. The number of nitro groups is 1. The van der Waals surface area contributed by atoms with E-state index in [1.54, 1.807) is 6.20 Å². The lowest BCUT2D eigenvalue weighted by molar-refractivity contribution is -0.384. The molecule has 0 bridgehead atoms. The van der Waals surface area contributed by atoms with Crippen LogP contribution >= 0.6 is 0 Å². The smallest absolute Gasteiger partial charge is 0.293 e. The van der Waals surface area contributed by atoms with Crippen molar-refractivity contribution in [3.63, 3.8) is 0 Å². The van der Waals surface area contributed by atoms with E-state index in [9.17, 15) is 18.5 Å². The number of sulfonamides is 1. The average molecular weight is 476 g/mol. The average Bonchev–Trinajstić information content (AvgIpc) is 2.83. The second-order valence-corrected chi connectivity index (χ2v) is 10.5. The first kappa shape index (κ1) is 23.4. The fraction of sp³-hybridized carbons (Fsp3) is 0.500. The van der Waals surface area contributed by atoms with Gasteiger partial charge in [0.25, 0.3) is 5.69 Å². The third-order valence-corrected chi connectivity index (χ3v) is 7.91. The summed E-state index contributed by atoms with van der Waals surface area (Å²) in [5.41, 5.74) is 0.863. The summed E-state index contributed by atoms with van der Waals surface area (Å²) in [6.45, 7) is 6.16. The Hall–Kier alpha value is -2.76. The normalized spacial score (nSPS) is 19.9. The number of ether oxygens (including phenoxy) is 1. The molecule has 33 heavy (non-hydrogen) atoms. The molecule has 0 saturated carbocycles. The molecule has 0 unspecified atom stereocenters. The van der Waals surface area contributed by atoms with E-state index in [-0.39, 0.29) is 22.2 Å². The molecule has 2 fully saturated rings. The van der Waals surface area contributed by atoms with Crippen LogP contribution in [-0.4, -0.2) is 62.0 Å². The molecule has 0 radical (unpaired) electrons. The van der Waals surface area contributed by atoms with E-state index in [0.29, 0.717) is 32.8 Å². The van der Waals surface area contributed by atoms with Crippen LogP contribution < -0.4 is 10.2 Å². The zero-order valence-corrected chi connectivity index (χ0v) is 19.5. The molecular weight excluding hydrogens is 446 g/mol. The molecule has 2 aromatic rings. The monoisotopic (exact) mass is 475 g/mol. The van der Waals surface area contributed by atoms with Crippen LogP contribution in [0.2, 0.25) is 0 Å². The Morgan fingerprint density at radius 3 is 2.67 bits per heavy atom. The molecule has 2 aliphatic heterocycles. The number of nitro benzene ring substituents is 1. The molecule has 4 rings (SSSR count). The molecule has 1 atom stereocenters. The number of morpholine rings is 1. The maximum Gasteiger partial charge on any atom is 0.293 e. The largest absolute Gasteiger partial charge is 0.378 e. The highest BCUT2D eigenvalue weighted by molar-refractivity contribution is 7.89. The maximum atomic E-state index is 13.0. The van der Waals surface area contributed by atoms with Crippen molar-refractivity contribution in [1.29, 1.82) is 0 Å². The summed E-state index contributed by atoms with van der Waals surface area (Å²) in [4.78, 5) is 17.7. The lowest BCUT2D eigenvalue weighted by Crippen LogP contribution is -2.39. The summed E-state index contributed by atoms with van der Waals surface area (Å²) in [7, 11) is -3.77. The second-order valence-electron chi connectivity index (χ2n) is 8.52. The highest BCUT2D eigenvalue weighted by Gasteiger charge is 2.30. The lowest BCUT2D eigenvalue weighted by atomic mass is 10.0. The van der Waals surface area contributed by atoms with Crippen molar-refractivity contribution < 1.29 is 18.1 Å². The Labute approximate surface area is 193 Å². The van der Waals surface area contributed by atoms with Crippen molar-refractivity contribution in [2.24, 2.45) is 5.92 Å². The third kappa shape index (κ3) is 5.43. The zero-order valence-electron chi connectivity index (χ0n) is 18.6. The van der Waals surface area contributed by atoms with Crippen molar-refractivity contribution in [2.45, 2.75) is 31.2 Å². The molecule has 1 N–H and O–H groups in total. The summed E-state index contributed by atoms with van der Waals surface area (Å²) >= 11 is 0. The van der Waals surface area contributed by atoms with E-state index in [1.165, 1.54) is 16.4 Å². The van der Waals surface area contributed by atoms with Crippen LogP contribution in [0.4, 0.5) is 17.2 Å². The van der Waals surface area contributed by atoms with Crippen molar-refractivity contribution in [3.8, 4) is 0 Å². The summed E-state index contributed by atoms with van der Waals surface area (Å²) in [5.74, 6) is 1.14. The van der Waals surface area contributed by atoms with Crippen LogP contribution in [0.25, 0.3) is 0 Å². The Kier molecular flexibility index (Phi) is 7.11. The molecule has 1 aromatic carbocycles. The maximum absolute atomic E-state index is 13.0. The number of aromatic nitrogens is 1. The van der Waals surface area contributed by atoms with Crippen LogP contribution in [0.3, 0.4) is 0 Å². The first-order chi connectivity index (χ1) is 15.8. The lowest BCUT2D eigenvalue weighted by Gasteiger charge is -2.30. The molecule has 0 spiro atoms. The van der Waals surface area contributed by atoms with Gasteiger partial charge in [-0.2, -0.15) is 4.31 Å². The van der Waals surface area contributed by atoms with E-state index in [2.05, 4.69) is 15.2 Å². The van der Waals surface area contributed by atoms with Gasteiger partial charge < -0.3 is 15.0 Å². The minimum absolute atomic E-state index is 0.0506. The first-order valence-corrected chi connectivity index (χ1v) is 12.6. The number of rotatable bonds is 7. The number of piperidine rings is 1. The van der Waals surface area contributed by atoms with Gasteiger partial charge in [0.2, 0.25) is 10.0 Å². The fourth-order valence-electron chi connectivity index (χ4n) is 4.18. The number of anilines is 2. The quantitative estimate of drug-likeness (QED) is 0.480. The number of benzene rings is 1. The topological polar surface area (TPSA) is 118 Å². The van der Waals surface area contributed by atoms with Gasteiger partial charge in [-0.15, -0.1) is 0 Å². The van der Waals surface area contributed by atoms with Gasteiger partial charge in [-0.3, -0.25) is 10.1 Å². The minimum atomic E-state index is -3.77. The van der Waals surface area contributed by atoms with E-state index >= 15 is 0 Å². The van der Waals surface area contributed by atoms with Crippen molar-refractivity contribution in [2.75, 3.05) is 49.6 Å². The number of nitrogens with one attached hydrogen (secondary N) is 1. The molecular formula is C22H29N5O5S. The van der Waals surface area contributed by atoms with E-state index in [0.717, 1.165) is 43.4 Å². The van der Waals surface area contributed by atoms with Crippen LogP contribution in [0, 0.1) is 16.0 Å². The van der Waals surface area contributed by atoms with Crippen molar-refractivity contribution in [3.05, 3.63) is 52.2 Å². The first-order valence-electron chi connectivity index (χ1n) is 11.1. The molecule has 10 nitrogen and oxygen atoms in total. The Bertz CT molecular complexity index is 1090. The van der Waals surface area contributed by atoms with Crippen molar-refractivity contribution in [1.82, 2.24) is 9.29 Å². The van der Waals surface area contributed by atoms with Crippen LogP contribution in [0.1, 0.15) is 25.3 Å². The van der Waals surface area contributed by atoms with E-state index < -0.39 is 14.9 Å². The highest BCUT2D eigenvalue weighted by atomic mass is 32.2. The van der Waals surface area contributed by atoms with Gasteiger partial charge in [-0.1, -0.05) is 13.0 Å². The number of nitrogens with zero attached hydrogens (tertiary/aromatic N) is 4. The molecule has 178 valence electrons. The number of hydrogen-bond donors (Lipinski definition) is 1. The molecule has 0 amide bonds. The Balaban J connectivity index is 1.47. The third-order valence-electron chi connectivity index (χ3n) is 6.05. The van der Waals surface area contributed by atoms with Gasteiger partial charge in [-0.25, -0.2) is 13.4 Å². The van der Waals surface area contributed by atoms with E-state index in [1.807, 2.05) is 19.1 Å². The van der Waals surface area contributed by atoms with Crippen LogP contribution in [0.15, 0.2) is 41.4 Å². The van der Waals surface area contributed by atoms with Gasteiger partial charge in [0.15, 0.2) is 0 Å². The SMILES string of the molecule is C[C@@H]1CCCN(S(=O)(=O)c2ccc(NCc3ccc(N4CCOCC4)nc3)c([N+](=O)[O-])c2)C1. The Morgan fingerprint density at radius 2 is 2.00 bits per heavy atom. The van der Waals surface area contributed by atoms with Crippen LogP contribution in [0.5, 0.6) is 0 Å². The van der Waals surface area contributed by atoms with Gasteiger partial charge in [-0.05, 0) is 42.5 Å². The highest BCUT2D eigenvalue weighted by Crippen LogP contribution is 2.31. The molecule has 1 aromatic heterocycles. The molecule has 2 saturated heterocycles. The van der Waals surface area contributed by atoms with Gasteiger partial charge in [0.1, 0.15) is 11.5 Å². The molecule has 11 heteroatoms. The fourth-order valence-corrected chi connectivity index (χ4v) is 5.80. The summed E-state index contributed by atoms with van der Waals surface area (Å²) in [5, 5.41) is 14.7. The second kappa shape index (κ2) is 10.0. The Morgan fingerprint density at radius 1 is 1.21 bits per heavy atom. The summed E-state index contributed by atoms with van der Waals surface area (Å²) in [6.07, 6.45) is 3.51. The molecule has 3 heterocycles. The molecule has 2 aliphatic rings. The predicted octanol–water partition coefficient (Wildman–Crippen LogP) is 2.86. The number of pyridine rings is 1. The van der Waals surface area contributed by atoms with Gasteiger partial charge >= 0.3 is 0 Å². The minimum Gasteiger partial charge on any atom is -0.378 e. The van der Waals surface area contributed by atoms with Gasteiger partial charge in [0, 0.05) is 45.0 Å². The van der Waals surface area contributed by atoms with Crippen LogP contribution in [-0.2, 0) is 21.3 Å². The zero-order chi connectivity index (χ0) is 23.4. The summed E-state index contributed by atoms with van der Waals surface area (Å²) < 4.78 is 32.8. The van der Waals surface area contributed by atoms with Crippen molar-refractivity contribution >= 4 is 27.2 Å². The number of hydrogen-bond acceptors (Lipinski definition) is 8. The standard InChI is InChI=1S/C22H29N5O5S/c1-17-3-2-8-26(16-17)33(30,31)19-5-6-20(21(13-19)27(28)29)23-14-18-4-7-22(24-15-18)25-9-11-32-12-10-25/h4-7,13,15,17,23H,2-3,8-12,14,16H2,1H3/t17-/m1/s1. The molecule has 0 aliphatic carbocycles. The summed E-state index contributed by atoms with van der Waals surface area (Å²) in [6, 6.07) is 7.90.